The van der Waals surface area contributed by atoms with Crippen LogP contribution in [0.4, 0.5) is 5.69 Å². The van der Waals surface area contributed by atoms with Crippen molar-refractivity contribution in [3.8, 4) is 22.9 Å². The molecule has 0 bridgehead atoms. The molecule has 198 valence electrons. The Morgan fingerprint density at radius 3 is 2.44 bits per heavy atom. The molecule has 5 rings (SSSR count). The van der Waals surface area contributed by atoms with Crippen LogP contribution in [0.25, 0.3) is 33.2 Å². The molecular weight excluding hydrogens is 518 g/mol. The summed E-state index contributed by atoms with van der Waals surface area (Å²) in [6, 6.07) is 18.6. The molecule has 10 nitrogen and oxygen atoms in total. The summed E-state index contributed by atoms with van der Waals surface area (Å²) in [5.41, 5.74) is 0.387. The van der Waals surface area contributed by atoms with Crippen LogP contribution >= 0.6 is 11.8 Å². The Balaban J connectivity index is 1.55. The topological polar surface area (TPSA) is 117 Å². The van der Waals surface area contributed by atoms with Crippen LogP contribution in [0.1, 0.15) is 0 Å². The molecule has 0 saturated heterocycles. The van der Waals surface area contributed by atoms with Crippen LogP contribution in [-0.2, 0) is 18.9 Å². The highest BCUT2D eigenvalue weighted by Gasteiger charge is 2.20. The molecule has 39 heavy (non-hydrogen) atoms. The number of aromatic nitrogens is 4. The molecule has 0 radical (unpaired) electrons. The van der Waals surface area contributed by atoms with Gasteiger partial charge in [0.2, 0.25) is 5.91 Å². The lowest BCUT2D eigenvalue weighted by Gasteiger charge is -2.13. The van der Waals surface area contributed by atoms with Gasteiger partial charge in [-0.15, -0.1) is 0 Å². The molecule has 0 spiro atoms. The largest absolute Gasteiger partial charge is 0.493 e. The summed E-state index contributed by atoms with van der Waals surface area (Å²) in [5.74, 6) is 0.983. The Hall–Kier alpha value is -4.64. The smallest absolute Gasteiger partial charge is 0.332 e. The standard InChI is InChI=1S/C28H25N5O5S/c1-32-25-23(27(35)33(2)28(32)36)26(31-24(30-25)17-12-13-20(37-3)21(14-17)38-4)39-15-22(34)29-19-11-7-9-16-8-5-6-10-18(16)19/h5-14H,15H2,1-4H3,(H,29,34). The highest BCUT2D eigenvalue weighted by Crippen LogP contribution is 2.33. The predicted molar refractivity (Wildman–Crippen MR) is 152 cm³/mol. The van der Waals surface area contributed by atoms with Gasteiger partial charge in [0.15, 0.2) is 23.0 Å². The lowest BCUT2D eigenvalue weighted by molar-refractivity contribution is -0.113. The van der Waals surface area contributed by atoms with Gasteiger partial charge < -0.3 is 14.8 Å². The zero-order chi connectivity index (χ0) is 27.7. The summed E-state index contributed by atoms with van der Waals surface area (Å²) in [6.07, 6.45) is 0. The maximum Gasteiger partial charge on any atom is 0.332 e. The van der Waals surface area contributed by atoms with Crippen molar-refractivity contribution < 1.29 is 14.3 Å². The Labute approximate surface area is 227 Å². The lowest BCUT2D eigenvalue weighted by Crippen LogP contribution is -2.37. The normalized spacial score (nSPS) is 11.1. The van der Waals surface area contributed by atoms with Gasteiger partial charge in [-0.25, -0.2) is 14.8 Å². The van der Waals surface area contributed by atoms with Gasteiger partial charge in [0.25, 0.3) is 5.56 Å². The second-order valence-corrected chi connectivity index (χ2v) is 9.65. The van der Waals surface area contributed by atoms with Gasteiger partial charge in [-0.3, -0.25) is 18.7 Å². The fraction of sp³-hybridized carbons (Fsp3) is 0.179. The highest BCUT2D eigenvalue weighted by molar-refractivity contribution is 8.00. The van der Waals surface area contributed by atoms with E-state index in [1.165, 1.54) is 32.9 Å². The average Bonchev–Trinajstić information content (AvgIpc) is 2.97. The Bertz CT molecular complexity index is 1860. The quantitative estimate of drug-likeness (QED) is 0.245. The first-order chi connectivity index (χ1) is 18.8. The van der Waals surface area contributed by atoms with Gasteiger partial charge in [-0.1, -0.05) is 48.2 Å². The summed E-state index contributed by atoms with van der Waals surface area (Å²) >= 11 is 1.10. The second kappa shape index (κ2) is 10.6. The number of fused-ring (bicyclic) bond motifs is 2. The second-order valence-electron chi connectivity index (χ2n) is 8.69. The molecule has 0 aliphatic carbocycles. The van der Waals surface area contributed by atoms with E-state index in [9.17, 15) is 14.4 Å². The van der Waals surface area contributed by atoms with E-state index in [1.807, 2.05) is 42.5 Å². The summed E-state index contributed by atoms with van der Waals surface area (Å²) in [6.45, 7) is 0. The fourth-order valence-corrected chi connectivity index (χ4v) is 5.11. The number of nitrogens with one attached hydrogen (secondary N) is 1. The van der Waals surface area contributed by atoms with Gasteiger partial charge in [0, 0.05) is 30.7 Å². The highest BCUT2D eigenvalue weighted by atomic mass is 32.2. The third kappa shape index (κ3) is 4.84. The molecule has 1 N–H and O–H groups in total. The fourth-order valence-electron chi connectivity index (χ4n) is 4.29. The van der Waals surface area contributed by atoms with Gasteiger partial charge in [-0.05, 0) is 29.7 Å². The van der Waals surface area contributed by atoms with Gasteiger partial charge in [0.1, 0.15) is 10.4 Å². The number of nitrogens with zero attached hydrogens (tertiary/aromatic N) is 4. The summed E-state index contributed by atoms with van der Waals surface area (Å²) in [7, 11) is 5.99. The molecule has 0 aliphatic heterocycles. The monoisotopic (exact) mass is 543 g/mol. The molecular formula is C28H25N5O5S. The summed E-state index contributed by atoms with van der Waals surface area (Å²) in [4.78, 5) is 48.0. The predicted octanol–water partition coefficient (Wildman–Crippen LogP) is 3.60. The molecule has 11 heteroatoms. The maximum atomic E-state index is 13.2. The van der Waals surface area contributed by atoms with Crippen LogP contribution in [0.3, 0.4) is 0 Å². The minimum atomic E-state index is -0.538. The van der Waals surface area contributed by atoms with Gasteiger partial charge >= 0.3 is 5.69 Å². The molecule has 2 aromatic heterocycles. The van der Waals surface area contributed by atoms with Crippen LogP contribution in [0.15, 0.2) is 75.3 Å². The van der Waals surface area contributed by atoms with E-state index in [-0.39, 0.29) is 33.5 Å². The van der Waals surface area contributed by atoms with E-state index in [4.69, 9.17) is 9.47 Å². The van der Waals surface area contributed by atoms with Crippen LogP contribution in [0.2, 0.25) is 0 Å². The number of ether oxygens (including phenoxy) is 2. The number of hydrogen-bond donors (Lipinski definition) is 1. The zero-order valence-electron chi connectivity index (χ0n) is 21.7. The van der Waals surface area contributed by atoms with Crippen LogP contribution in [0, 0.1) is 0 Å². The molecule has 2 heterocycles. The molecule has 3 aromatic carbocycles. The number of rotatable bonds is 7. The van der Waals surface area contributed by atoms with E-state index >= 15 is 0 Å². The number of carbonyl (C=O) groups excluding carboxylic acids is 1. The number of benzene rings is 3. The molecule has 5 aromatic rings. The van der Waals surface area contributed by atoms with E-state index in [1.54, 1.807) is 18.2 Å². The van der Waals surface area contributed by atoms with Crippen molar-refractivity contribution in [1.82, 2.24) is 19.1 Å². The molecule has 0 fully saturated rings. The van der Waals surface area contributed by atoms with Crippen LogP contribution in [0.5, 0.6) is 11.5 Å². The third-order valence-electron chi connectivity index (χ3n) is 6.31. The summed E-state index contributed by atoms with van der Waals surface area (Å²) in [5, 5.41) is 5.33. The first kappa shape index (κ1) is 26.0. The van der Waals surface area contributed by atoms with Gasteiger partial charge in [-0.2, -0.15) is 0 Å². The van der Waals surface area contributed by atoms with Crippen molar-refractivity contribution in [2.45, 2.75) is 5.03 Å². The SMILES string of the molecule is COc1ccc(-c2nc(SCC(=O)Nc3cccc4ccccc34)c3c(=O)n(C)c(=O)n(C)c3n2)cc1OC. The molecule has 0 atom stereocenters. The van der Waals surface area contributed by atoms with E-state index in [2.05, 4.69) is 15.3 Å². The number of anilines is 1. The molecule has 0 saturated carbocycles. The zero-order valence-corrected chi connectivity index (χ0v) is 22.5. The third-order valence-corrected chi connectivity index (χ3v) is 7.29. The maximum absolute atomic E-state index is 13.2. The number of aryl methyl sites for hydroxylation is 1. The number of methoxy groups -OCH3 is 2. The van der Waals surface area contributed by atoms with Crippen molar-refractivity contribution in [2.24, 2.45) is 14.1 Å². The Morgan fingerprint density at radius 1 is 0.923 bits per heavy atom. The van der Waals surface area contributed by atoms with Crippen molar-refractivity contribution in [2.75, 3.05) is 25.3 Å². The van der Waals surface area contributed by atoms with E-state index in [0.29, 0.717) is 22.7 Å². The minimum Gasteiger partial charge on any atom is -0.493 e. The first-order valence-electron chi connectivity index (χ1n) is 11.9. The van der Waals surface area contributed by atoms with Crippen molar-refractivity contribution >= 4 is 45.2 Å². The molecule has 1 amide bonds. The van der Waals surface area contributed by atoms with Crippen molar-refractivity contribution in [1.29, 1.82) is 0 Å². The summed E-state index contributed by atoms with van der Waals surface area (Å²) < 4.78 is 13.0. The number of thioether (sulfide) groups is 1. The number of hydrogen-bond acceptors (Lipinski definition) is 8. The van der Waals surface area contributed by atoms with Crippen molar-refractivity contribution in [3.05, 3.63) is 81.5 Å². The first-order valence-corrected chi connectivity index (χ1v) is 12.9. The number of amides is 1. The number of carbonyl (C=O) groups is 1. The Morgan fingerprint density at radius 2 is 1.67 bits per heavy atom. The van der Waals surface area contributed by atoms with Gasteiger partial charge in [0.05, 0.1) is 20.0 Å². The van der Waals surface area contributed by atoms with E-state index in [0.717, 1.165) is 27.1 Å². The molecule has 0 aliphatic rings. The average molecular weight is 544 g/mol. The lowest BCUT2D eigenvalue weighted by atomic mass is 10.1. The van der Waals surface area contributed by atoms with Crippen LogP contribution in [-0.4, -0.2) is 45.0 Å². The minimum absolute atomic E-state index is 0.0211. The van der Waals surface area contributed by atoms with Crippen LogP contribution < -0.4 is 26.0 Å². The molecule has 0 unspecified atom stereocenters. The van der Waals surface area contributed by atoms with Crippen molar-refractivity contribution in [3.63, 3.8) is 0 Å². The van der Waals surface area contributed by atoms with E-state index < -0.39 is 11.2 Å². The Kier molecular flexibility index (Phi) is 7.07.